The van der Waals surface area contributed by atoms with Gasteiger partial charge in [-0.15, -0.1) is 0 Å². The zero-order valence-electron chi connectivity index (χ0n) is 9.63. The maximum absolute atomic E-state index is 5.79. The van der Waals surface area contributed by atoms with Crippen LogP contribution in [-0.2, 0) is 0 Å². The minimum atomic E-state index is 0.614. The zero-order valence-corrected chi connectivity index (χ0v) is 9.63. The monoisotopic (exact) mass is 234 g/mol. The van der Waals surface area contributed by atoms with E-state index in [2.05, 4.69) is 28.2 Å². The summed E-state index contributed by atoms with van der Waals surface area (Å²) in [6.45, 7) is 0.614. The van der Waals surface area contributed by atoms with Gasteiger partial charge in [-0.25, -0.2) is 0 Å². The molecule has 1 aromatic heterocycles. The molecule has 0 N–H and O–H groups in total. The van der Waals surface area contributed by atoms with Crippen LogP contribution in [0.2, 0.25) is 0 Å². The second kappa shape index (κ2) is 3.53. The van der Waals surface area contributed by atoms with Gasteiger partial charge in [-0.2, -0.15) is 0 Å². The first-order valence-electron chi connectivity index (χ1n) is 5.90. The van der Waals surface area contributed by atoms with Gasteiger partial charge in [0.15, 0.2) is 0 Å². The van der Waals surface area contributed by atoms with E-state index in [4.69, 9.17) is 4.74 Å². The second-order valence-electron chi connectivity index (χ2n) is 4.26. The van der Waals surface area contributed by atoms with Crippen LogP contribution in [0, 0.1) is 0 Å². The van der Waals surface area contributed by atoms with Crippen molar-refractivity contribution in [1.82, 2.24) is 9.97 Å². The summed E-state index contributed by atoms with van der Waals surface area (Å²) < 4.78 is 5.79. The molecule has 3 heteroatoms. The average Bonchev–Trinajstić information content (AvgIpc) is 2.48. The lowest BCUT2D eigenvalue weighted by atomic mass is 10.0. The molecule has 0 atom stereocenters. The van der Waals surface area contributed by atoms with Crippen molar-refractivity contribution >= 4 is 27.9 Å². The Hall–Kier alpha value is -2.42. The molecule has 0 spiro atoms. The van der Waals surface area contributed by atoms with Gasteiger partial charge in [0.2, 0.25) is 0 Å². The number of hydrogen-bond donors (Lipinski definition) is 0. The lowest BCUT2D eigenvalue weighted by molar-refractivity contribution is 0.363. The van der Waals surface area contributed by atoms with Crippen LogP contribution >= 0.6 is 0 Å². The van der Waals surface area contributed by atoms with Crippen LogP contribution in [0.25, 0.3) is 27.9 Å². The van der Waals surface area contributed by atoms with Crippen LogP contribution in [0.3, 0.4) is 0 Å². The Balaban J connectivity index is 2.33. The summed E-state index contributed by atoms with van der Waals surface area (Å²) in [5.74, 6) is 0.918. The Kier molecular flexibility index (Phi) is 1.88. The molecule has 1 aliphatic rings. The Morgan fingerprint density at radius 2 is 1.72 bits per heavy atom. The molecule has 0 amide bonds. The summed E-state index contributed by atoms with van der Waals surface area (Å²) in [5.41, 5.74) is 2.87. The normalized spacial score (nSPS) is 13.6. The molecule has 0 aliphatic carbocycles. The van der Waals surface area contributed by atoms with E-state index in [9.17, 15) is 0 Å². The number of ether oxygens (including phenoxy) is 1. The summed E-state index contributed by atoms with van der Waals surface area (Å²) in [5, 5.41) is 2.19. The fourth-order valence-corrected chi connectivity index (χ4v) is 2.48. The van der Waals surface area contributed by atoms with Crippen LogP contribution in [0.15, 0.2) is 42.7 Å². The second-order valence-corrected chi connectivity index (χ2v) is 4.26. The van der Waals surface area contributed by atoms with Crippen molar-refractivity contribution in [3.8, 4) is 5.75 Å². The van der Waals surface area contributed by atoms with Crippen molar-refractivity contribution < 1.29 is 4.74 Å². The molecule has 2 aromatic carbocycles. The van der Waals surface area contributed by atoms with E-state index >= 15 is 0 Å². The average molecular weight is 234 g/mol. The molecule has 3 aromatic rings. The van der Waals surface area contributed by atoms with Crippen LogP contribution in [0.1, 0.15) is 5.56 Å². The van der Waals surface area contributed by atoms with Gasteiger partial charge in [-0.3, -0.25) is 9.97 Å². The zero-order chi connectivity index (χ0) is 11.9. The van der Waals surface area contributed by atoms with E-state index in [-0.39, 0.29) is 0 Å². The van der Waals surface area contributed by atoms with Crippen LogP contribution in [0.5, 0.6) is 5.75 Å². The van der Waals surface area contributed by atoms with Crippen molar-refractivity contribution in [3.63, 3.8) is 0 Å². The molecule has 86 valence electrons. The maximum Gasteiger partial charge on any atom is 0.137 e. The highest BCUT2D eigenvalue weighted by molar-refractivity contribution is 6.11. The van der Waals surface area contributed by atoms with Crippen LogP contribution in [-0.4, -0.2) is 16.6 Å². The number of fused-ring (bicyclic) bond motifs is 6. The molecule has 0 bridgehead atoms. The SMILES string of the molecule is C1=Cc2c(c3ccccc3c3nccnc23)OC1. The Bertz CT molecular complexity index is 793. The van der Waals surface area contributed by atoms with Gasteiger partial charge in [-0.1, -0.05) is 24.3 Å². The first kappa shape index (κ1) is 9.59. The minimum absolute atomic E-state index is 0.614. The van der Waals surface area contributed by atoms with Crippen LogP contribution in [0.4, 0.5) is 0 Å². The van der Waals surface area contributed by atoms with E-state index in [1.807, 2.05) is 18.2 Å². The van der Waals surface area contributed by atoms with E-state index in [0.717, 1.165) is 33.1 Å². The lowest BCUT2D eigenvalue weighted by Crippen LogP contribution is -2.03. The van der Waals surface area contributed by atoms with Gasteiger partial charge < -0.3 is 4.74 Å². The third kappa shape index (κ3) is 1.19. The Morgan fingerprint density at radius 1 is 0.944 bits per heavy atom. The number of benzene rings is 2. The number of nitrogens with zero attached hydrogens (tertiary/aromatic N) is 2. The largest absolute Gasteiger partial charge is 0.488 e. The van der Waals surface area contributed by atoms with E-state index < -0.39 is 0 Å². The summed E-state index contributed by atoms with van der Waals surface area (Å²) in [6.07, 6.45) is 7.53. The number of hydrogen-bond acceptors (Lipinski definition) is 3. The predicted octanol–water partition coefficient (Wildman–Crippen LogP) is 3.19. The van der Waals surface area contributed by atoms with E-state index in [1.54, 1.807) is 12.4 Å². The first-order chi connectivity index (χ1) is 8.95. The standard InChI is InChI=1S/C15H10N2O/c1-2-5-11-10(4-1)13-14(17-8-7-16-13)12-6-3-9-18-15(11)12/h1-8H,9H2. The molecule has 0 saturated heterocycles. The molecule has 0 unspecified atom stereocenters. The first-order valence-corrected chi connectivity index (χ1v) is 5.90. The van der Waals surface area contributed by atoms with Gasteiger partial charge in [0.25, 0.3) is 0 Å². The van der Waals surface area contributed by atoms with Crippen LogP contribution < -0.4 is 4.74 Å². The van der Waals surface area contributed by atoms with Crippen molar-refractivity contribution in [2.45, 2.75) is 0 Å². The molecule has 0 saturated carbocycles. The fourth-order valence-electron chi connectivity index (χ4n) is 2.48. The topological polar surface area (TPSA) is 35.0 Å². The molecular weight excluding hydrogens is 224 g/mol. The highest BCUT2D eigenvalue weighted by Gasteiger charge is 2.16. The van der Waals surface area contributed by atoms with Gasteiger partial charge in [0.1, 0.15) is 17.9 Å². The molecule has 0 radical (unpaired) electrons. The van der Waals surface area contributed by atoms with E-state index in [1.165, 1.54) is 0 Å². The van der Waals surface area contributed by atoms with Crippen molar-refractivity contribution in [2.75, 3.05) is 6.61 Å². The summed E-state index contributed by atoms with van der Waals surface area (Å²) >= 11 is 0. The smallest absolute Gasteiger partial charge is 0.137 e. The lowest BCUT2D eigenvalue weighted by Gasteiger charge is -2.16. The minimum Gasteiger partial charge on any atom is -0.488 e. The quantitative estimate of drug-likeness (QED) is 0.560. The number of rotatable bonds is 0. The molecule has 2 heterocycles. The van der Waals surface area contributed by atoms with E-state index in [0.29, 0.717) is 6.61 Å². The summed E-state index contributed by atoms with van der Waals surface area (Å²) in [7, 11) is 0. The molecule has 0 fully saturated rings. The van der Waals surface area contributed by atoms with Gasteiger partial charge in [0.05, 0.1) is 5.52 Å². The molecule has 4 rings (SSSR count). The molecular formula is C15H10N2O. The summed E-state index contributed by atoms with van der Waals surface area (Å²) in [6, 6.07) is 8.17. The molecule has 3 nitrogen and oxygen atoms in total. The summed E-state index contributed by atoms with van der Waals surface area (Å²) in [4.78, 5) is 8.92. The van der Waals surface area contributed by atoms with Gasteiger partial charge >= 0.3 is 0 Å². The van der Waals surface area contributed by atoms with Gasteiger partial charge in [0, 0.05) is 28.7 Å². The number of aromatic nitrogens is 2. The van der Waals surface area contributed by atoms with Gasteiger partial charge in [-0.05, 0) is 12.2 Å². The Labute approximate surface area is 104 Å². The maximum atomic E-state index is 5.79. The van der Waals surface area contributed by atoms with Crippen molar-refractivity contribution in [1.29, 1.82) is 0 Å². The third-order valence-corrected chi connectivity index (χ3v) is 3.23. The van der Waals surface area contributed by atoms with Crippen molar-refractivity contribution in [2.24, 2.45) is 0 Å². The highest BCUT2D eigenvalue weighted by Crippen LogP contribution is 2.38. The fraction of sp³-hybridized carbons (Fsp3) is 0.0667. The molecule has 1 aliphatic heterocycles. The predicted molar refractivity (Wildman–Crippen MR) is 71.6 cm³/mol. The Morgan fingerprint density at radius 3 is 2.61 bits per heavy atom. The third-order valence-electron chi connectivity index (χ3n) is 3.23. The van der Waals surface area contributed by atoms with Crippen molar-refractivity contribution in [3.05, 3.63) is 48.3 Å². The molecule has 18 heavy (non-hydrogen) atoms. The highest BCUT2D eigenvalue weighted by atomic mass is 16.5.